The first-order valence-corrected chi connectivity index (χ1v) is 6.73. The van der Waals surface area contributed by atoms with Gasteiger partial charge in [0, 0.05) is 17.1 Å². The molecule has 0 saturated heterocycles. The summed E-state index contributed by atoms with van der Waals surface area (Å²) >= 11 is 3.37. The van der Waals surface area contributed by atoms with Crippen LogP contribution in [0.1, 0.15) is 18.9 Å². The Morgan fingerprint density at radius 3 is 2.67 bits per heavy atom. The van der Waals surface area contributed by atoms with Crippen LogP contribution < -0.4 is 5.32 Å². The normalized spacial score (nSPS) is 11.9. The van der Waals surface area contributed by atoms with E-state index in [1.165, 1.54) is 0 Å². The molecule has 0 bridgehead atoms. The van der Waals surface area contributed by atoms with E-state index in [2.05, 4.69) is 21.2 Å². The van der Waals surface area contributed by atoms with Crippen molar-refractivity contribution in [2.75, 3.05) is 13.2 Å². The molecule has 0 fully saturated rings. The zero-order valence-corrected chi connectivity index (χ0v) is 11.9. The quantitative estimate of drug-likeness (QED) is 0.848. The summed E-state index contributed by atoms with van der Waals surface area (Å²) in [5.41, 5.74) is 1.11. The average Bonchev–Trinajstić information content (AvgIpc) is 2.32. The van der Waals surface area contributed by atoms with Gasteiger partial charge in [-0.1, -0.05) is 28.1 Å². The highest BCUT2D eigenvalue weighted by molar-refractivity contribution is 9.10. The second-order valence-corrected chi connectivity index (χ2v) is 4.82. The van der Waals surface area contributed by atoms with E-state index in [0.29, 0.717) is 19.4 Å². The standard InChI is InChI=1S/C13H18BrNO3/c1-2-18-13(17)15-12(7-8-16)9-10-3-5-11(14)6-4-10/h3-6,12,16H,2,7-9H2,1H3,(H,15,17)/t12-/m1/s1. The summed E-state index contributed by atoms with van der Waals surface area (Å²) in [6.07, 6.45) is 0.745. The molecule has 0 heterocycles. The van der Waals surface area contributed by atoms with Gasteiger partial charge >= 0.3 is 6.09 Å². The minimum Gasteiger partial charge on any atom is -0.450 e. The van der Waals surface area contributed by atoms with Crippen LogP contribution in [0.5, 0.6) is 0 Å². The molecular formula is C13H18BrNO3. The molecule has 0 aliphatic carbocycles. The average molecular weight is 316 g/mol. The van der Waals surface area contributed by atoms with E-state index in [1.54, 1.807) is 6.92 Å². The Hall–Kier alpha value is -1.07. The predicted molar refractivity (Wildman–Crippen MR) is 73.5 cm³/mol. The van der Waals surface area contributed by atoms with E-state index in [9.17, 15) is 4.79 Å². The predicted octanol–water partition coefficient (Wildman–Crippen LogP) is 2.49. The molecule has 0 aliphatic rings. The lowest BCUT2D eigenvalue weighted by molar-refractivity contribution is 0.145. The number of ether oxygens (including phenoxy) is 1. The monoisotopic (exact) mass is 315 g/mol. The highest BCUT2D eigenvalue weighted by atomic mass is 79.9. The third kappa shape index (κ3) is 5.51. The third-order valence-electron chi connectivity index (χ3n) is 2.47. The number of carbonyl (C=O) groups excluding carboxylic acids is 1. The first kappa shape index (κ1) is 15.0. The summed E-state index contributed by atoms with van der Waals surface area (Å²) in [6.45, 7) is 2.14. The van der Waals surface area contributed by atoms with E-state index >= 15 is 0 Å². The maximum atomic E-state index is 11.4. The van der Waals surface area contributed by atoms with Crippen molar-refractivity contribution in [1.82, 2.24) is 5.32 Å². The fraction of sp³-hybridized carbons (Fsp3) is 0.462. The van der Waals surface area contributed by atoms with Gasteiger partial charge in [0.15, 0.2) is 0 Å². The molecule has 0 unspecified atom stereocenters. The molecular weight excluding hydrogens is 298 g/mol. The summed E-state index contributed by atoms with van der Waals surface area (Å²) in [5, 5.41) is 11.8. The van der Waals surface area contributed by atoms with Crippen LogP contribution in [-0.4, -0.2) is 30.5 Å². The molecule has 1 atom stereocenters. The lowest BCUT2D eigenvalue weighted by atomic mass is 10.0. The number of rotatable bonds is 6. The van der Waals surface area contributed by atoms with Crippen LogP contribution in [0.2, 0.25) is 0 Å². The second-order valence-electron chi connectivity index (χ2n) is 3.90. The SMILES string of the molecule is CCOC(=O)N[C@H](CCO)Cc1ccc(Br)cc1. The van der Waals surface area contributed by atoms with E-state index in [4.69, 9.17) is 9.84 Å². The van der Waals surface area contributed by atoms with Gasteiger partial charge in [-0.3, -0.25) is 0 Å². The van der Waals surface area contributed by atoms with Gasteiger partial charge in [0.05, 0.1) is 6.61 Å². The number of halogens is 1. The number of benzene rings is 1. The topological polar surface area (TPSA) is 58.6 Å². The maximum absolute atomic E-state index is 11.4. The van der Waals surface area contributed by atoms with Gasteiger partial charge in [-0.2, -0.15) is 0 Å². The number of carbonyl (C=O) groups is 1. The van der Waals surface area contributed by atoms with Gasteiger partial charge in [-0.05, 0) is 37.5 Å². The van der Waals surface area contributed by atoms with E-state index in [1.807, 2.05) is 24.3 Å². The maximum Gasteiger partial charge on any atom is 0.407 e. The van der Waals surface area contributed by atoms with Gasteiger partial charge in [0.25, 0.3) is 0 Å². The van der Waals surface area contributed by atoms with Crippen molar-refractivity contribution in [1.29, 1.82) is 0 Å². The number of alkyl carbamates (subject to hydrolysis) is 1. The molecule has 4 nitrogen and oxygen atoms in total. The van der Waals surface area contributed by atoms with Crippen LogP contribution >= 0.6 is 15.9 Å². The Bertz CT molecular complexity index is 367. The van der Waals surface area contributed by atoms with Crippen LogP contribution in [0.3, 0.4) is 0 Å². The van der Waals surface area contributed by atoms with Crippen LogP contribution in [0.4, 0.5) is 4.79 Å². The molecule has 2 N–H and O–H groups in total. The number of nitrogens with one attached hydrogen (secondary N) is 1. The van der Waals surface area contributed by atoms with Gasteiger partial charge in [0.1, 0.15) is 0 Å². The third-order valence-corrected chi connectivity index (χ3v) is 3.00. The number of amides is 1. The van der Waals surface area contributed by atoms with Gasteiger partial charge in [-0.15, -0.1) is 0 Å². The van der Waals surface area contributed by atoms with Crippen LogP contribution in [0.25, 0.3) is 0 Å². The van der Waals surface area contributed by atoms with Crippen LogP contribution in [0, 0.1) is 0 Å². The summed E-state index contributed by atoms with van der Waals surface area (Å²) < 4.78 is 5.85. The molecule has 1 amide bonds. The number of hydrogen-bond acceptors (Lipinski definition) is 3. The van der Waals surface area contributed by atoms with Crippen molar-refractivity contribution < 1.29 is 14.6 Å². The van der Waals surface area contributed by atoms with Crippen LogP contribution in [-0.2, 0) is 11.2 Å². The molecule has 0 aromatic heterocycles. The smallest absolute Gasteiger partial charge is 0.407 e. The molecule has 1 rings (SSSR count). The Balaban J connectivity index is 2.56. The minimum absolute atomic E-state index is 0.0353. The zero-order valence-electron chi connectivity index (χ0n) is 10.4. The first-order valence-electron chi connectivity index (χ1n) is 5.94. The number of aliphatic hydroxyl groups is 1. The highest BCUT2D eigenvalue weighted by Crippen LogP contribution is 2.12. The molecule has 100 valence electrons. The Morgan fingerprint density at radius 2 is 2.11 bits per heavy atom. The van der Waals surface area contributed by atoms with Crippen molar-refractivity contribution in [3.63, 3.8) is 0 Å². The first-order chi connectivity index (χ1) is 8.65. The highest BCUT2D eigenvalue weighted by Gasteiger charge is 2.13. The van der Waals surface area contributed by atoms with Gasteiger partial charge in [0.2, 0.25) is 0 Å². The molecule has 1 aromatic carbocycles. The van der Waals surface area contributed by atoms with Crippen molar-refractivity contribution in [3.05, 3.63) is 34.3 Å². The van der Waals surface area contributed by atoms with Crippen molar-refractivity contribution >= 4 is 22.0 Å². The fourth-order valence-electron chi connectivity index (χ4n) is 1.63. The Morgan fingerprint density at radius 1 is 1.44 bits per heavy atom. The lowest BCUT2D eigenvalue weighted by Crippen LogP contribution is -2.37. The molecule has 0 spiro atoms. The molecule has 18 heavy (non-hydrogen) atoms. The molecule has 0 radical (unpaired) electrons. The summed E-state index contributed by atoms with van der Waals surface area (Å²) in [4.78, 5) is 11.4. The second kappa shape index (κ2) is 8.11. The van der Waals surface area contributed by atoms with E-state index in [-0.39, 0.29) is 12.6 Å². The Labute approximate surface area is 115 Å². The number of aliphatic hydroxyl groups excluding tert-OH is 1. The molecule has 1 aromatic rings. The fourth-order valence-corrected chi connectivity index (χ4v) is 1.89. The van der Waals surface area contributed by atoms with Crippen molar-refractivity contribution in [2.45, 2.75) is 25.8 Å². The lowest BCUT2D eigenvalue weighted by Gasteiger charge is -2.17. The Kier molecular flexibility index (Phi) is 6.75. The van der Waals surface area contributed by atoms with E-state index in [0.717, 1.165) is 10.0 Å². The molecule has 0 aliphatic heterocycles. The molecule has 0 saturated carbocycles. The summed E-state index contributed by atoms with van der Waals surface area (Å²) in [7, 11) is 0. The minimum atomic E-state index is -0.437. The molecule has 5 heteroatoms. The zero-order chi connectivity index (χ0) is 13.4. The van der Waals surface area contributed by atoms with Gasteiger partial charge < -0.3 is 15.2 Å². The number of hydrogen-bond donors (Lipinski definition) is 2. The van der Waals surface area contributed by atoms with Gasteiger partial charge in [-0.25, -0.2) is 4.79 Å². The largest absolute Gasteiger partial charge is 0.450 e. The van der Waals surface area contributed by atoms with Crippen molar-refractivity contribution in [3.8, 4) is 0 Å². The van der Waals surface area contributed by atoms with E-state index < -0.39 is 6.09 Å². The van der Waals surface area contributed by atoms with Crippen molar-refractivity contribution in [2.24, 2.45) is 0 Å². The summed E-state index contributed by atoms with van der Waals surface area (Å²) in [6, 6.07) is 7.77. The summed E-state index contributed by atoms with van der Waals surface area (Å²) in [5.74, 6) is 0. The van der Waals surface area contributed by atoms with Crippen LogP contribution in [0.15, 0.2) is 28.7 Å².